The van der Waals surface area contributed by atoms with Gasteiger partial charge in [0.15, 0.2) is 5.76 Å². The molecule has 0 spiro atoms. The minimum absolute atomic E-state index is 0.0676. The summed E-state index contributed by atoms with van der Waals surface area (Å²) in [5.41, 5.74) is 3.25. The molecule has 4 heteroatoms. The summed E-state index contributed by atoms with van der Waals surface area (Å²) in [6.07, 6.45) is 4.56. The van der Waals surface area contributed by atoms with Gasteiger partial charge in [0.2, 0.25) is 0 Å². The number of nitrogens with zero attached hydrogens (tertiary/aromatic N) is 2. The minimum atomic E-state index is 0.0676. The number of hydrogen-bond donors (Lipinski definition) is 0. The lowest BCUT2D eigenvalue weighted by Gasteiger charge is -2.39. The molecule has 0 N–H and O–H groups in total. The van der Waals surface area contributed by atoms with Crippen molar-refractivity contribution in [3.05, 3.63) is 46.3 Å². The van der Waals surface area contributed by atoms with E-state index in [1.165, 1.54) is 0 Å². The lowest BCUT2D eigenvalue weighted by molar-refractivity contribution is 0.0277. The third-order valence-corrected chi connectivity index (χ3v) is 4.01. The summed E-state index contributed by atoms with van der Waals surface area (Å²) in [5.74, 6) is 0.886. The van der Waals surface area contributed by atoms with E-state index in [1.54, 1.807) is 0 Å². The van der Waals surface area contributed by atoms with Crippen molar-refractivity contribution >= 4 is 17.4 Å². The standard InChI is InChI=1S/C16H19ClN2O/c1-16(2,3)19-9-12-8-13(17)7-11-5-4-6-18-14(11)15(12)20-10-19/h4-6,8H,7,9-10H2,1-3H3. The Kier molecular flexibility index (Phi) is 3.35. The highest BCUT2D eigenvalue weighted by molar-refractivity contribution is 6.30. The quantitative estimate of drug-likeness (QED) is 0.730. The lowest BCUT2D eigenvalue weighted by Crippen LogP contribution is -2.45. The van der Waals surface area contributed by atoms with Gasteiger partial charge in [0.1, 0.15) is 12.4 Å². The van der Waals surface area contributed by atoms with Crippen LogP contribution in [0.15, 0.2) is 35.0 Å². The van der Waals surface area contributed by atoms with E-state index in [0.29, 0.717) is 6.73 Å². The molecule has 1 aromatic heterocycles. The third kappa shape index (κ3) is 2.48. The van der Waals surface area contributed by atoms with E-state index in [2.05, 4.69) is 36.7 Å². The highest BCUT2D eigenvalue weighted by atomic mass is 35.5. The Balaban J connectivity index is 2.05. The van der Waals surface area contributed by atoms with Crippen molar-refractivity contribution in [1.29, 1.82) is 0 Å². The van der Waals surface area contributed by atoms with Crippen LogP contribution in [-0.2, 0) is 11.2 Å². The van der Waals surface area contributed by atoms with Crippen LogP contribution in [0.3, 0.4) is 0 Å². The number of allylic oxidation sites excluding steroid dienone is 1. The summed E-state index contributed by atoms with van der Waals surface area (Å²) in [4.78, 5) is 6.78. The molecular formula is C16H19ClN2O. The van der Waals surface area contributed by atoms with Crippen LogP contribution in [0, 0.1) is 0 Å². The topological polar surface area (TPSA) is 25.4 Å². The molecule has 0 saturated carbocycles. The average Bonchev–Trinajstić information content (AvgIpc) is 2.52. The summed E-state index contributed by atoms with van der Waals surface area (Å²) in [6, 6.07) is 4.01. The van der Waals surface area contributed by atoms with Crippen molar-refractivity contribution in [3.63, 3.8) is 0 Å². The fourth-order valence-electron chi connectivity index (χ4n) is 2.53. The molecule has 3 rings (SSSR count). The minimum Gasteiger partial charge on any atom is -0.475 e. The van der Waals surface area contributed by atoms with E-state index in [1.807, 2.05) is 18.3 Å². The average molecular weight is 291 g/mol. The third-order valence-electron chi connectivity index (χ3n) is 3.76. The van der Waals surface area contributed by atoms with Gasteiger partial charge in [-0.05, 0) is 38.5 Å². The van der Waals surface area contributed by atoms with E-state index < -0.39 is 0 Å². The predicted octanol–water partition coefficient (Wildman–Crippen LogP) is 3.56. The van der Waals surface area contributed by atoms with E-state index in [4.69, 9.17) is 16.3 Å². The Morgan fingerprint density at radius 3 is 2.90 bits per heavy atom. The molecule has 2 aliphatic rings. The van der Waals surface area contributed by atoms with Gasteiger partial charge in [-0.1, -0.05) is 17.7 Å². The number of halogens is 1. The van der Waals surface area contributed by atoms with E-state index in [9.17, 15) is 0 Å². The van der Waals surface area contributed by atoms with Gasteiger partial charge in [-0.2, -0.15) is 0 Å². The van der Waals surface area contributed by atoms with Crippen LogP contribution in [-0.4, -0.2) is 28.7 Å². The fraction of sp³-hybridized carbons (Fsp3) is 0.438. The number of ether oxygens (including phenoxy) is 1. The molecule has 0 bridgehead atoms. The molecule has 1 aliphatic heterocycles. The van der Waals surface area contributed by atoms with Crippen molar-refractivity contribution in [2.24, 2.45) is 0 Å². The lowest BCUT2D eigenvalue weighted by atomic mass is 10.0. The molecule has 1 aromatic rings. The van der Waals surface area contributed by atoms with Gasteiger partial charge < -0.3 is 4.74 Å². The summed E-state index contributed by atoms with van der Waals surface area (Å²) in [7, 11) is 0. The molecule has 0 saturated heterocycles. The van der Waals surface area contributed by atoms with Crippen molar-refractivity contribution in [3.8, 4) is 0 Å². The highest BCUT2D eigenvalue weighted by Gasteiger charge is 2.30. The van der Waals surface area contributed by atoms with Crippen LogP contribution in [0.4, 0.5) is 0 Å². The number of hydrogen-bond acceptors (Lipinski definition) is 3. The Morgan fingerprint density at radius 1 is 1.35 bits per heavy atom. The first-order valence-corrected chi connectivity index (χ1v) is 7.24. The van der Waals surface area contributed by atoms with Crippen molar-refractivity contribution in [2.75, 3.05) is 13.3 Å². The van der Waals surface area contributed by atoms with Gasteiger partial charge in [0, 0.05) is 35.3 Å². The van der Waals surface area contributed by atoms with Gasteiger partial charge in [0.05, 0.1) is 0 Å². The maximum absolute atomic E-state index is 6.36. The van der Waals surface area contributed by atoms with Gasteiger partial charge in [0.25, 0.3) is 0 Å². The maximum Gasteiger partial charge on any atom is 0.151 e. The SMILES string of the molecule is CC(C)(C)N1COC2=C(C=C(Cl)Cc3cccnc32)C1. The zero-order valence-electron chi connectivity index (χ0n) is 12.1. The van der Waals surface area contributed by atoms with Gasteiger partial charge in [-0.3, -0.25) is 9.88 Å². The largest absolute Gasteiger partial charge is 0.475 e. The maximum atomic E-state index is 6.36. The zero-order valence-corrected chi connectivity index (χ0v) is 12.9. The van der Waals surface area contributed by atoms with E-state index in [0.717, 1.165) is 40.6 Å². The molecule has 0 aromatic carbocycles. The Hall–Kier alpha value is -1.32. The van der Waals surface area contributed by atoms with Gasteiger partial charge in [-0.15, -0.1) is 0 Å². The van der Waals surface area contributed by atoms with Gasteiger partial charge in [-0.25, -0.2) is 0 Å². The number of pyridine rings is 1. The Morgan fingerprint density at radius 2 is 2.15 bits per heavy atom. The van der Waals surface area contributed by atoms with Crippen molar-refractivity contribution in [1.82, 2.24) is 9.88 Å². The molecule has 0 atom stereocenters. The predicted molar refractivity (Wildman–Crippen MR) is 81.2 cm³/mol. The zero-order chi connectivity index (χ0) is 14.3. The molecule has 0 unspecified atom stereocenters. The van der Waals surface area contributed by atoms with Crippen molar-refractivity contribution < 1.29 is 4.74 Å². The van der Waals surface area contributed by atoms with E-state index in [-0.39, 0.29) is 5.54 Å². The normalized spacial score (nSPS) is 19.7. The summed E-state index contributed by atoms with van der Waals surface area (Å²) >= 11 is 6.36. The second-order valence-electron chi connectivity index (χ2n) is 6.28. The van der Waals surface area contributed by atoms with Crippen molar-refractivity contribution in [2.45, 2.75) is 32.7 Å². The van der Waals surface area contributed by atoms with Crippen LogP contribution in [0.1, 0.15) is 32.0 Å². The number of aromatic nitrogens is 1. The number of fused-ring (bicyclic) bond motifs is 2. The first-order valence-electron chi connectivity index (χ1n) is 6.86. The molecule has 20 heavy (non-hydrogen) atoms. The molecule has 0 radical (unpaired) electrons. The second kappa shape index (κ2) is 4.90. The van der Waals surface area contributed by atoms with Crippen LogP contribution in [0.25, 0.3) is 5.76 Å². The summed E-state index contributed by atoms with van der Waals surface area (Å²) in [6.45, 7) is 8.00. The van der Waals surface area contributed by atoms with Crippen LogP contribution >= 0.6 is 11.6 Å². The Labute approximate surface area is 124 Å². The molecule has 106 valence electrons. The van der Waals surface area contributed by atoms with Crippen LogP contribution < -0.4 is 0 Å². The smallest absolute Gasteiger partial charge is 0.151 e. The molecule has 0 amide bonds. The first kappa shape index (κ1) is 13.7. The van der Waals surface area contributed by atoms with Crippen LogP contribution in [0.5, 0.6) is 0 Å². The van der Waals surface area contributed by atoms with E-state index >= 15 is 0 Å². The molecular weight excluding hydrogens is 272 g/mol. The first-order chi connectivity index (χ1) is 9.45. The highest BCUT2D eigenvalue weighted by Crippen LogP contribution is 2.34. The molecule has 2 heterocycles. The molecule has 0 fully saturated rings. The Bertz CT molecular complexity index is 599. The summed E-state index contributed by atoms with van der Waals surface area (Å²) in [5, 5.41) is 0.837. The van der Waals surface area contributed by atoms with Crippen LogP contribution in [0.2, 0.25) is 0 Å². The second-order valence-corrected chi connectivity index (χ2v) is 6.76. The molecule has 1 aliphatic carbocycles. The number of rotatable bonds is 0. The molecule has 3 nitrogen and oxygen atoms in total. The summed E-state index contributed by atoms with van der Waals surface area (Å²) < 4.78 is 6.02. The fourth-order valence-corrected chi connectivity index (χ4v) is 2.80. The monoisotopic (exact) mass is 290 g/mol. The van der Waals surface area contributed by atoms with Gasteiger partial charge >= 0.3 is 0 Å².